The minimum atomic E-state index is -4.42. The van der Waals surface area contributed by atoms with Gasteiger partial charge in [-0.15, -0.1) is 0 Å². The van der Waals surface area contributed by atoms with E-state index in [4.69, 9.17) is 17.3 Å². The summed E-state index contributed by atoms with van der Waals surface area (Å²) >= 11 is 5.56. The first kappa shape index (κ1) is 13.3. The Balaban J connectivity index is 2.28. The minimum Gasteiger partial charge on any atom is -0.368 e. The third-order valence-corrected chi connectivity index (χ3v) is 2.24. The van der Waals surface area contributed by atoms with Crippen LogP contribution in [-0.4, -0.2) is 15.0 Å². The Morgan fingerprint density at radius 3 is 2.53 bits per heavy atom. The third kappa shape index (κ3) is 3.44. The van der Waals surface area contributed by atoms with E-state index >= 15 is 0 Å². The molecule has 19 heavy (non-hydrogen) atoms. The van der Waals surface area contributed by atoms with Crippen LogP contribution in [0.1, 0.15) is 5.56 Å². The molecule has 2 rings (SSSR count). The molecule has 100 valence electrons. The molecular formula is C10H7ClF3N5. The molecule has 0 saturated heterocycles. The monoisotopic (exact) mass is 289 g/mol. The Morgan fingerprint density at radius 2 is 1.89 bits per heavy atom. The molecule has 2 aromatic rings. The highest BCUT2D eigenvalue weighted by atomic mass is 35.5. The van der Waals surface area contributed by atoms with Crippen molar-refractivity contribution in [3.05, 3.63) is 35.1 Å². The smallest absolute Gasteiger partial charge is 0.368 e. The summed E-state index contributed by atoms with van der Waals surface area (Å²) in [5, 5.41) is 2.42. The van der Waals surface area contributed by atoms with E-state index in [1.54, 1.807) is 0 Å². The number of halogens is 4. The van der Waals surface area contributed by atoms with Crippen molar-refractivity contribution in [3.8, 4) is 0 Å². The highest BCUT2D eigenvalue weighted by Gasteiger charge is 2.30. The Hall–Kier alpha value is -2.09. The number of nitrogen functional groups attached to an aromatic ring is 1. The third-order valence-electron chi connectivity index (χ3n) is 2.07. The molecule has 0 saturated carbocycles. The van der Waals surface area contributed by atoms with Crippen LogP contribution in [0.4, 0.5) is 30.8 Å². The summed E-state index contributed by atoms with van der Waals surface area (Å²) in [5.41, 5.74) is 4.72. The Morgan fingerprint density at radius 1 is 1.16 bits per heavy atom. The van der Waals surface area contributed by atoms with Crippen LogP contribution in [0.3, 0.4) is 0 Å². The van der Waals surface area contributed by atoms with Gasteiger partial charge in [0.2, 0.25) is 17.2 Å². The largest absolute Gasteiger partial charge is 0.416 e. The molecule has 5 nitrogen and oxygen atoms in total. The predicted octanol–water partition coefficient (Wildman–Crippen LogP) is 2.87. The van der Waals surface area contributed by atoms with Gasteiger partial charge in [0.1, 0.15) is 0 Å². The molecule has 0 fully saturated rings. The standard InChI is InChI=1S/C10H7ClF3N5/c11-7-17-8(15)19-9(18-7)16-6-3-1-2-5(4-6)10(12,13)14/h1-4H,(H3,15,16,17,18,19). The number of nitrogens with one attached hydrogen (secondary N) is 1. The summed E-state index contributed by atoms with van der Waals surface area (Å²) in [6, 6.07) is 4.58. The topological polar surface area (TPSA) is 76.7 Å². The second kappa shape index (κ2) is 4.88. The van der Waals surface area contributed by atoms with E-state index in [9.17, 15) is 13.2 Å². The fourth-order valence-electron chi connectivity index (χ4n) is 1.32. The van der Waals surface area contributed by atoms with Gasteiger partial charge in [-0.05, 0) is 29.8 Å². The van der Waals surface area contributed by atoms with Crippen LogP contribution in [0.25, 0.3) is 0 Å². The number of nitrogens with two attached hydrogens (primary N) is 1. The fourth-order valence-corrected chi connectivity index (χ4v) is 1.49. The molecule has 3 N–H and O–H groups in total. The van der Waals surface area contributed by atoms with Crippen LogP contribution in [0.2, 0.25) is 5.28 Å². The maximum absolute atomic E-state index is 12.5. The Bertz CT molecular complexity index is 582. The van der Waals surface area contributed by atoms with Crippen molar-refractivity contribution in [1.29, 1.82) is 0 Å². The molecule has 1 aromatic carbocycles. The van der Waals surface area contributed by atoms with Crippen molar-refractivity contribution in [1.82, 2.24) is 15.0 Å². The van der Waals surface area contributed by atoms with E-state index in [0.29, 0.717) is 0 Å². The van der Waals surface area contributed by atoms with Crippen molar-refractivity contribution >= 4 is 29.2 Å². The summed E-state index contributed by atoms with van der Waals surface area (Å²) in [6.07, 6.45) is -4.42. The van der Waals surface area contributed by atoms with Gasteiger partial charge in [-0.25, -0.2) is 0 Å². The zero-order valence-electron chi connectivity index (χ0n) is 9.24. The van der Waals surface area contributed by atoms with Gasteiger partial charge >= 0.3 is 6.18 Å². The molecule has 0 aliphatic rings. The lowest BCUT2D eigenvalue weighted by molar-refractivity contribution is -0.137. The molecule has 0 aliphatic carbocycles. The highest BCUT2D eigenvalue weighted by molar-refractivity contribution is 6.28. The van der Waals surface area contributed by atoms with E-state index in [1.807, 2.05) is 0 Å². The molecule has 0 spiro atoms. The van der Waals surface area contributed by atoms with E-state index in [-0.39, 0.29) is 22.9 Å². The van der Waals surface area contributed by atoms with Gasteiger partial charge in [0.15, 0.2) is 0 Å². The van der Waals surface area contributed by atoms with Crippen LogP contribution in [-0.2, 0) is 6.18 Å². The Labute approximate surface area is 110 Å². The number of anilines is 3. The summed E-state index contributed by atoms with van der Waals surface area (Å²) in [5.74, 6) is -0.161. The zero-order chi connectivity index (χ0) is 14.0. The molecular weight excluding hydrogens is 283 g/mol. The van der Waals surface area contributed by atoms with Crippen LogP contribution in [0.15, 0.2) is 24.3 Å². The molecule has 0 amide bonds. The van der Waals surface area contributed by atoms with Crippen LogP contribution in [0.5, 0.6) is 0 Å². The van der Waals surface area contributed by atoms with Gasteiger partial charge in [-0.1, -0.05) is 6.07 Å². The summed E-state index contributed by atoms with van der Waals surface area (Å²) in [4.78, 5) is 10.9. The maximum atomic E-state index is 12.5. The number of nitrogens with zero attached hydrogens (tertiary/aromatic N) is 3. The first-order valence-corrected chi connectivity index (χ1v) is 5.34. The number of hydrogen-bond donors (Lipinski definition) is 2. The molecule has 0 radical (unpaired) electrons. The SMILES string of the molecule is Nc1nc(Cl)nc(Nc2cccc(C(F)(F)F)c2)n1. The van der Waals surface area contributed by atoms with Gasteiger partial charge in [-0.3, -0.25) is 0 Å². The molecule has 0 aliphatic heterocycles. The van der Waals surface area contributed by atoms with Crippen LogP contribution < -0.4 is 11.1 Å². The van der Waals surface area contributed by atoms with Crippen LogP contribution in [0, 0.1) is 0 Å². The zero-order valence-corrected chi connectivity index (χ0v) is 10.00. The van der Waals surface area contributed by atoms with Crippen molar-refractivity contribution < 1.29 is 13.2 Å². The number of aromatic nitrogens is 3. The average Bonchev–Trinajstić information content (AvgIpc) is 2.26. The molecule has 9 heteroatoms. The molecule has 0 unspecified atom stereocenters. The second-order valence-electron chi connectivity index (χ2n) is 3.49. The van der Waals surface area contributed by atoms with E-state index in [0.717, 1.165) is 12.1 Å². The first-order valence-electron chi connectivity index (χ1n) is 4.96. The fraction of sp³-hybridized carbons (Fsp3) is 0.100. The maximum Gasteiger partial charge on any atom is 0.416 e. The Kier molecular flexibility index (Phi) is 3.43. The molecule has 1 heterocycles. The predicted molar refractivity (Wildman–Crippen MR) is 64.0 cm³/mol. The molecule has 1 aromatic heterocycles. The summed E-state index contributed by atoms with van der Waals surface area (Å²) in [6.45, 7) is 0. The van der Waals surface area contributed by atoms with E-state index in [2.05, 4.69) is 20.3 Å². The lowest BCUT2D eigenvalue weighted by Gasteiger charge is -2.09. The number of rotatable bonds is 2. The molecule has 0 atom stereocenters. The lowest BCUT2D eigenvalue weighted by Crippen LogP contribution is -2.06. The van der Waals surface area contributed by atoms with Gasteiger partial charge in [0.05, 0.1) is 5.56 Å². The van der Waals surface area contributed by atoms with Gasteiger partial charge in [0.25, 0.3) is 0 Å². The van der Waals surface area contributed by atoms with Crippen LogP contribution >= 0.6 is 11.6 Å². The van der Waals surface area contributed by atoms with Gasteiger partial charge < -0.3 is 11.1 Å². The molecule has 0 bridgehead atoms. The highest BCUT2D eigenvalue weighted by Crippen LogP contribution is 2.31. The van der Waals surface area contributed by atoms with E-state index < -0.39 is 11.7 Å². The second-order valence-corrected chi connectivity index (χ2v) is 3.83. The first-order chi connectivity index (χ1) is 8.84. The van der Waals surface area contributed by atoms with Crippen molar-refractivity contribution in [3.63, 3.8) is 0 Å². The number of hydrogen-bond acceptors (Lipinski definition) is 5. The van der Waals surface area contributed by atoms with Crippen molar-refractivity contribution in [2.75, 3.05) is 11.1 Å². The van der Waals surface area contributed by atoms with E-state index in [1.165, 1.54) is 12.1 Å². The normalized spacial score (nSPS) is 11.4. The minimum absolute atomic E-state index is 0.0307. The van der Waals surface area contributed by atoms with Gasteiger partial charge in [-0.2, -0.15) is 28.1 Å². The number of benzene rings is 1. The summed E-state index contributed by atoms with van der Waals surface area (Å²) < 4.78 is 37.6. The summed E-state index contributed by atoms with van der Waals surface area (Å²) in [7, 11) is 0. The van der Waals surface area contributed by atoms with Crippen molar-refractivity contribution in [2.45, 2.75) is 6.18 Å². The lowest BCUT2D eigenvalue weighted by atomic mass is 10.2. The van der Waals surface area contributed by atoms with Gasteiger partial charge in [0, 0.05) is 5.69 Å². The average molecular weight is 290 g/mol. The quantitative estimate of drug-likeness (QED) is 0.889. The number of alkyl halides is 3. The van der Waals surface area contributed by atoms with Crippen molar-refractivity contribution in [2.24, 2.45) is 0 Å².